The molecule has 0 heterocycles. The molecule has 0 saturated carbocycles. The molecule has 0 spiro atoms. The second-order valence-corrected chi connectivity index (χ2v) is 34.1. The van der Waals surface area contributed by atoms with Crippen LogP contribution in [0.15, 0.2) is 0 Å². The Morgan fingerprint density at radius 3 is 0.357 bits per heavy atom. The molecule has 0 rings (SSSR count). The van der Waals surface area contributed by atoms with Crippen LogP contribution >= 0.6 is 0 Å². The largest absolute Gasteiger partial charge is 0.356 e. The molecule has 0 saturated heterocycles. The molecule has 0 radical (unpaired) electrons. The molecule has 0 aliphatic rings. The van der Waals surface area contributed by atoms with Crippen LogP contribution in [-0.4, -0.2) is 173 Å². The lowest BCUT2D eigenvalue weighted by molar-refractivity contribution is -0.123. The van der Waals surface area contributed by atoms with Crippen molar-refractivity contribution in [3.8, 4) is 0 Å². The highest BCUT2D eigenvalue weighted by Crippen LogP contribution is 2.17. The molecule has 0 unspecified atom stereocenters. The van der Waals surface area contributed by atoms with Crippen LogP contribution in [0, 0.1) is 0 Å². The lowest BCUT2D eigenvalue weighted by atomic mass is 10.1. The van der Waals surface area contributed by atoms with Crippen LogP contribution in [0.5, 0.6) is 0 Å². The minimum absolute atomic E-state index is 0.0506. The Hall–Kier alpha value is -3.34. The van der Waals surface area contributed by atoms with Crippen LogP contribution in [0.4, 0.5) is 0 Å². The van der Waals surface area contributed by atoms with Crippen LogP contribution < -0.4 is 31.9 Å². The first-order chi connectivity index (χ1) is 55.0. The Labute approximate surface area is 695 Å². The van der Waals surface area contributed by atoms with E-state index in [1.807, 2.05) is 0 Å². The van der Waals surface area contributed by atoms with Gasteiger partial charge in [-0.25, -0.2) is 0 Å². The summed E-state index contributed by atoms with van der Waals surface area (Å²) in [6, 6.07) is 0. The summed E-state index contributed by atoms with van der Waals surface area (Å²) in [5, 5.41) is 19.4. The van der Waals surface area contributed by atoms with Crippen molar-refractivity contribution in [3.63, 3.8) is 0 Å². The fraction of sp³-hybridized carbons (Fsp3) is 0.938. The average molecular weight is 1580 g/mol. The zero-order valence-corrected chi connectivity index (χ0v) is 75.6. The molecule has 6 N–H and O–H groups in total. The molecule has 0 aromatic rings. The maximum atomic E-state index is 13.7. The molecular formula is C96H192N10O6. The Morgan fingerprint density at radius 1 is 0.143 bits per heavy atom. The van der Waals surface area contributed by atoms with Crippen LogP contribution in [0.25, 0.3) is 0 Å². The van der Waals surface area contributed by atoms with Crippen molar-refractivity contribution in [1.29, 1.82) is 0 Å². The van der Waals surface area contributed by atoms with E-state index in [1.54, 1.807) is 0 Å². The Kier molecular flexibility index (Phi) is 87.3. The van der Waals surface area contributed by atoms with Crippen molar-refractivity contribution in [2.24, 2.45) is 0 Å². The predicted octanol–water partition coefficient (Wildman–Crippen LogP) is 22.8. The lowest BCUT2D eigenvalue weighted by Crippen LogP contribution is -2.45. The number of hydrogen-bond acceptors (Lipinski definition) is 10. The molecule has 0 aliphatic carbocycles. The molecule has 0 atom stereocenters. The van der Waals surface area contributed by atoms with E-state index in [-0.39, 0.29) is 35.4 Å². The molecule has 112 heavy (non-hydrogen) atoms. The van der Waals surface area contributed by atoms with Gasteiger partial charge in [0.25, 0.3) is 0 Å². The van der Waals surface area contributed by atoms with E-state index in [0.717, 1.165) is 77.0 Å². The first kappa shape index (κ1) is 109. The quantitative estimate of drug-likeness (QED) is 0.0320. The molecule has 0 aromatic carbocycles. The third-order valence-corrected chi connectivity index (χ3v) is 23.2. The summed E-state index contributed by atoms with van der Waals surface area (Å²) in [7, 11) is 0. The molecule has 16 nitrogen and oxygen atoms in total. The Morgan fingerprint density at radius 2 is 0.241 bits per heavy atom. The number of nitrogens with zero attached hydrogens (tertiary/aromatic N) is 4. The minimum Gasteiger partial charge on any atom is -0.356 e. The van der Waals surface area contributed by atoms with Gasteiger partial charge in [-0.3, -0.25) is 33.7 Å². The van der Waals surface area contributed by atoms with Crippen LogP contribution in [0.1, 0.15) is 465 Å². The highest BCUT2D eigenvalue weighted by molar-refractivity contribution is 5.78. The first-order valence-corrected chi connectivity index (χ1v) is 49.5. The first-order valence-electron chi connectivity index (χ1n) is 49.5. The number of carbonyl (C=O) groups excluding carboxylic acids is 6. The van der Waals surface area contributed by atoms with Crippen molar-refractivity contribution in [1.82, 2.24) is 51.5 Å². The van der Waals surface area contributed by atoms with Crippen molar-refractivity contribution in [2.75, 3.05) is 118 Å². The molecule has 0 aliphatic heterocycles. The van der Waals surface area contributed by atoms with Crippen molar-refractivity contribution >= 4 is 35.4 Å². The molecule has 0 fully saturated rings. The highest BCUT2D eigenvalue weighted by atomic mass is 16.2. The number of hydrogen-bond donors (Lipinski definition) is 6. The zero-order chi connectivity index (χ0) is 81.4. The third-order valence-electron chi connectivity index (χ3n) is 23.2. The van der Waals surface area contributed by atoms with Gasteiger partial charge in [-0.05, 0) is 38.5 Å². The second kappa shape index (κ2) is 90.0. The zero-order valence-electron chi connectivity index (χ0n) is 75.6. The van der Waals surface area contributed by atoms with Crippen LogP contribution in [0.2, 0.25) is 0 Å². The second-order valence-electron chi connectivity index (χ2n) is 34.1. The molecular weight excluding hydrogens is 1390 g/mol. The summed E-state index contributed by atoms with van der Waals surface area (Å²) in [6.45, 7) is 24.8. The normalized spacial score (nSPS) is 11.6. The maximum Gasteiger partial charge on any atom is 0.221 e. The Bertz CT molecular complexity index is 1670. The van der Waals surface area contributed by atoms with Gasteiger partial charge in [0.15, 0.2) is 0 Å². The van der Waals surface area contributed by atoms with Gasteiger partial charge in [-0.1, -0.05) is 388 Å². The maximum absolute atomic E-state index is 13.7. The summed E-state index contributed by atoms with van der Waals surface area (Å²) in [6.07, 6.45) is 77.0. The lowest BCUT2D eigenvalue weighted by Gasteiger charge is -2.32. The fourth-order valence-corrected chi connectivity index (χ4v) is 15.3. The minimum atomic E-state index is 0.0506. The molecule has 0 bridgehead atoms. The van der Waals surface area contributed by atoms with E-state index in [1.165, 1.54) is 308 Å². The molecule has 6 amide bonds. The number of amides is 6. The summed E-state index contributed by atoms with van der Waals surface area (Å²) < 4.78 is 0. The number of rotatable bonds is 93. The van der Waals surface area contributed by atoms with Gasteiger partial charge in [0.1, 0.15) is 0 Å². The van der Waals surface area contributed by atoms with Crippen LogP contribution in [0.3, 0.4) is 0 Å². The van der Waals surface area contributed by atoms with Crippen molar-refractivity contribution in [3.05, 3.63) is 0 Å². The summed E-state index contributed by atoms with van der Waals surface area (Å²) >= 11 is 0. The van der Waals surface area contributed by atoms with Gasteiger partial charge in [-0.2, -0.15) is 0 Å². The topological polar surface area (TPSA) is 188 Å². The highest BCUT2D eigenvalue weighted by Gasteiger charge is 2.20. The van der Waals surface area contributed by atoms with Crippen molar-refractivity contribution < 1.29 is 28.8 Å². The summed E-state index contributed by atoms with van der Waals surface area (Å²) in [5.74, 6) is 0.303. The molecule has 0 aromatic heterocycles. The summed E-state index contributed by atoms with van der Waals surface area (Å²) in [5.41, 5.74) is 0. The van der Waals surface area contributed by atoms with Gasteiger partial charge >= 0.3 is 0 Å². The molecule has 16 heteroatoms. The van der Waals surface area contributed by atoms with Gasteiger partial charge in [0.05, 0.1) is 0 Å². The van der Waals surface area contributed by atoms with E-state index >= 15 is 0 Å². The van der Waals surface area contributed by atoms with Gasteiger partial charge in [0.2, 0.25) is 35.4 Å². The van der Waals surface area contributed by atoms with E-state index in [9.17, 15) is 28.8 Å². The SMILES string of the molecule is CCCCCCCCCCCCNC(=O)CCN(CCC(=O)NCCCCCCCCCCCC)CCN(CCN(CCC(=O)NCCCCCCCCCCCC)CCC(=O)NCCCCCCCCCCCC)CCN(CCC(=O)NCCCCCCCCCCCC)CCC(=O)NCCCCCCCCCCCC. The van der Waals surface area contributed by atoms with Gasteiger partial charge < -0.3 is 46.6 Å². The fourth-order valence-electron chi connectivity index (χ4n) is 15.3. The van der Waals surface area contributed by atoms with E-state index in [2.05, 4.69) is 93.0 Å². The van der Waals surface area contributed by atoms with E-state index in [0.29, 0.717) is 156 Å². The Balaban J connectivity index is 6.87. The smallest absolute Gasteiger partial charge is 0.221 e. The molecule has 662 valence electrons. The van der Waals surface area contributed by atoms with Gasteiger partial charge in [-0.15, -0.1) is 0 Å². The van der Waals surface area contributed by atoms with Crippen molar-refractivity contribution in [2.45, 2.75) is 465 Å². The number of carbonyl (C=O) groups is 6. The van der Waals surface area contributed by atoms with E-state index in [4.69, 9.17) is 0 Å². The average Bonchev–Trinajstić information content (AvgIpc) is 0.916. The standard InChI is InChI=1S/C96H192N10O6/c1-7-13-19-25-31-37-43-49-55-61-73-97-91(107)67-79-103(80-68-92(108)98-74-62-56-50-44-38-32-26-20-14-8-2)85-88-106(89-86-104(81-69-93(109)99-75-63-57-51-45-39-33-27-21-15-9-3)82-70-94(110)100-76-64-58-52-46-40-34-28-22-16-10-4)90-87-105(83-71-95(111)101-77-65-59-53-47-41-35-29-23-17-11-5)84-72-96(112)102-78-66-60-54-48-42-36-30-24-18-12-6/h7-90H2,1-6H3,(H,97,107)(H,98,108)(H,99,109)(H,100,110)(H,101,111)(H,102,112). The predicted molar refractivity (Wildman–Crippen MR) is 483 cm³/mol. The van der Waals surface area contributed by atoms with Crippen LogP contribution in [-0.2, 0) is 28.8 Å². The third kappa shape index (κ3) is 83.2. The monoisotopic (exact) mass is 1580 g/mol. The number of unbranched alkanes of at least 4 members (excludes halogenated alkanes) is 54. The van der Waals surface area contributed by atoms with Gasteiger partial charge in [0, 0.05) is 156 Å². The summed E-state index contributed by atoms with van der Waals surface area (Å²) in [4.78, 5) is 91.4. The van der Waals surface area contributed by atoms with E-state index < -0.39 is 0 Å². The number of nitrogens with one attached hydrogen (secondary N) is 6.